The van der Waals surface area contributed by atoms with E-state index in [1.54, 1.807) is 18.0 Å². The summed E-state index contributed by atoms with van der Waals surface area (Å²) in [6.45, 7) is 1.36. The molecule has 0 bridgehead atoms. The van der Waals surface area contributed by atoms with Crippen molar-refractivity contribution in [2.75, 3.05) is 12.3 Å². The predicted molar refractivity (Wildman–Crippen MR) is 97.3 cm³/mol. The summed E-state index contributed by atoms with van der Waals surface area (Å²) in [5.41, 5.74) is 1.80. The zero-order valence-electron chi connectivity index (χ0n) is 13.3. The fraction of sp³-hybridized carbons (Fsp3) is 0.158. The lowest BCUT2D eigenvalue weighted by Crippen LogP contribution is -2.25. The van der Waals surface area contributed by atoms with Crippen molar-refractivity contribution in [2.45, 2.75) is 11.4 Å². The first-order valence-corrected chi connectivity index (χ1v) is 8.82. The van der Waals surface area contributed by atoms with Crippen molar-refractivity contribution >= 4 is 17.7 Å². The second-order valence-electron chi connectivity index (χ2n) is 5.32. The lowest BCUT2D eigenvalue weighted by atomic mass is 10.1. The molecule has 1 aromatic heterocycles. The summed E-state index contributed by atoms with van der Waals surface area (Å²) >= 11 is 1.74. The fourth-order valence-electron chi connectivity index (χ4n) is 2.29. The minimum absolute atomic E-state index is 0.0331. The van der Waals surface area contributed by atoms with E-state index in [1.807, 2.05) is 59.4 Å². The van der Waals surface area contributed by atoms with E-state index in [4.69, 9.17) is 0 Å². The van der Waals surface area contributed by atoms with Crippen molar-refractivity contribution in [1.29, 1.82) is 0 Å². The minimum Gasteiger partial charge on any atom is -0.351 e. The van der Waals surface area contributed by atoms with Gasteiger partial charge in [0.05, 0.1) is 6.54 Å². The zero-order valence-corrected chi connectivity index (χ0v) is 14.1. The van der Waals surface area contributed by atoms with Gasteiger partial charge in [-0.1, -0.05) is 30.3 Å². The highest BCUT2D eigenvalue weighted by molar-refractivity contribution is 7.99. The van der Waals surface area contributed by atoms with Crippen molar-refractivity contribution in [1.82, 2.24) is 15.1 Å². The third kappa shape index (κ3) is 4.73. The molecule has 0 atom stereocenters. The normalized spacial score (nSPS) is 10.5. The van der Waals surface area contributed by atoms with Crippen molar-refractivity contribution in [3.05, 3.63) is 84.2 Å². The van der Waals surface area contributed by atoms with Crippen LogP contribution in [0.15, 0.2) is 78.0 Å². The Bertz CT molecular complexity index is 755. The van der Waals surface area contributed by atoms with Crippen LogP contribution in [0.5, 0.6) is 0 Å². The summed E-state index contributed by atoms with van der Waals surface area (Å²) in [6, 6.07) is 19.7. The maximum Gasteiger partial charge on any atom is 0.251 e. The lowest BCUT2D eigenvalue weighted by molar-refractivity contribution is 0.0956. The SMILES string of the molecule is O=C(NCCSc1ccccc1)c1ccc(Cn2cccn2)cc1. The van der Waals surface area contributed by atoms with Crippen LogP contribution in [0.2, 0.25) is 0 Å². The lowest BCUT2D eigenvalue weighted by Gasteiger charge is -2.07. The van der Waals surface area contributed by atoms with Crippen LogP contribution in [-0.4, -0.2) is 28.0 Å². The van der Waals surface area contributed by atoms with Gasteiger partial charge in [-0.25, -0.2) is 0 Å². The zero-order chi connectivity index (χ0) is 16.6. The molecule has 0 aliphatic carbocycles. The quantitative estimate of drug-likeness (QED) is 0.530. The van der Waals surface area contributed by atoms with Crippen molar-refractivity contribution < 1.29 is 4.79 Å². The van der Waals surface area contributed by atoms with Crippen LogP contribution >= 0.6 is 11.8 Å². The van der Waals surface area contributed by atoms with Crippen LogP contribution in [0.25, 0.3) is 0 Å². The standard InChI is InChI=1S/C19H19N3OS/c23-19(20-12-14-24-18-5-2-1-3-6-18)17-9-7-16(8-10-17)15-22-13-4-11-21-22/h1-11,13H,12,14-15H2,(H,20,23). The molecule has 0 saturated carbocycles. The molecule has 2 aromatic carbocycles. The molecule has 0 fully saturated rings. The third-order valence-corrected chi connectivity index (χ3v) is 4.53. The molecule has 3 rings (SSSR count). The van der Waals surface area contributed by atoms with E-state index in [9.17, 15) is 4.79 Å². The largest absolute Gasteiger partial charge is 0.351 e. The van der Waals surface area contributed by atoms with E-state index in [0.29, 0.717) is 18.7 Å². The van der Waals surface area contributed by atoms with Crippen LogP contribution in [0.3, 0.4) is 0 Å². The second-order valence-corrected chi connectivity index (χ2v) is 6.49. The molecule has 0 spiro atoms. The van der Waals surface area contributed by atoms with Crippen LogP contribution in [0, 0.1) is 0 Å². The Labute approximate surface area is 145 Å². The van der Waals surface area contributed by atoms with E-state index in [-0.39, 0.29) is 5.91 Å². The van der Waals surface area contributed by atoms with Gasteiger partial charge in [0.2, 0.25) is 0 Å². The molecule has 5 heteroatoms. The summed E-state index contributed by atoms with van der Waals surface area (Å²) in [4.78, 5) is 13.4. The minimum atomic E-state index is -0.0331. The molecule has 0 unspecified atom stereocenters. The van der Waals surface area contributed by atoms with Gasteiger partial charge >= 0.3 is 0 Å². The summed E-state index contributed by atoms with van der Waals surface area (Å²) in [5.74, 6) is 0.821. The van der Waals surface area contributed by atoms with Gasteiger partial charge < -0.3 is 5.32 Å². The molecule has 0 radical (unpaired) electrons. The van der Waals surface area contributed by atoms with Gasteiger partial charge in [0.15, 0.2) is 0 Å². The molecular formula is C19H19N3OS. The van der Waals surface area contributed by atoms with E-state index in [0.717, 1.165) is 11.3 Å². The maximum atomic E-state index is 12.1. The number of carbonyl (C=O) groups is 1. The van der Waals surface area contributed by atoms with Gasteiger partial charge in [-0.15, -0.1) is 11.8 Å². The monoisotopic (exact) mass is 337 g/mol. The van der Waals surface area contributed by atoms with Gasteiger partial charge in [-0.3, -0.25) is 9.48 Å². The molecule has 0 aliphatic rings. The molecule has 3 aromatic rings. The first-order valence-electron chi connectivity index (χ1n) is 7.84. The highest BCUT2D eigenvalue weighted by Crippen LogP contribution is 2.15. The molecule has 0 aliphatic heterocycles. The van der Waals surface area contributed by atoms with Crippen LogP contribution in [0.4, 0.5) is 0 Å². The number of amides is 1. The third-order valence-electron chi connectivity index (χ3n) is 3.52. The molecule has 122 valence electrons. The number of rotatable bonds is 7. The fourth-order valence-corrected chi connectivity index (χ4v) is 3.08. The van der Waals surface area contributed by atoms with Gasteiger partial charge in [0, 0.05) is 35.2 Å². The number of nitrogens with one attached hydrogen (secondary N) is 1. The number of hydrogen-bond donors (Lipinski definition) is 1. The van der Waals surface area contributed by atoms with Gasteiger partial charge in [-0.2, -0.15) is 5.10 Å². The second kappa shape index (κ2) is 8.36. The molecule has 0 saturated heterocycles. The summed E-state index contributed by atoms with van der Waals surface area (Å²) in [7, 11) is 0. The van der Waals surface area contributed by atoms with Crippen LogP contribution in [0.1, 0.15) is 15.9 Å². The molecule has 4 nitrogen and oxygen atoms in total. The summed E-state index contributed by atoms with van der Waals surface area (Å²) in [5, 5.41) is 7.14. The molecule has 1 N–H and O–H groups in total. The topological polar surface area (TPSA) is 46.9 Å². The van der Waals surface area contributed by atoms with E-state index >= 15 is 0 Å². The van der Waals surface area contributed by atoms with Gasteiger partial charge in [0.1, 0.15) is 0 Å². The Kier molecular flexibility index (Phi) is 5.69. The Morgan fingerprint density at radius 2 is 1.83 bits per heavy atom. The van der Waals surface area contributed by atoms with Crippen LogP contribution < -0.4 is 5.32 Å². The number of aromatic nitrogens is 2. The van der Waals surface area contributed by atoms with Crippen molar-refractivity contribution in [2.24, 2.45) is 0 Å². The van der Waals surface area contributed by atoms with Crippen molar-refractivity contribution in [3.8, 4) is 0 Å². The summed E-state index contributed by atoms with van der Waals surface area (Å²) in [6.07, 6.45) is 3.68. The Hall–Kier alpha value is -2.53. The molecule has 1 amide bonds. The molecular weight excluding hydrogens is 318 g/mol. The van der Waals surface area contributed by atoms with E-state index in [1.165, 1.54) is 4.90 Å². The van der Waals surface area contributed by atoms with Gasteiger partial charge in [0.25, 0.3) is 5.91 Å². The highest BCUT2D eigenvalue weighted by Gasteiger charge is 2.05. The number of thioether (sulfide) groups is 1. The maximum absolute atomic E-state index is 12.1. The molecule has 1 heterocycles. The van der Waals surface area contributed by atoms with Crippen LogP contribution in [-0.2, 0) is 6.54 Å². The average Bonchev–Trinajstić information content (AvgIpc) is 3.13. The van der Waals surface area contributed by atoms with Gasteiger partial charge in [-0.05, 0) is 35.9 Å². The number of nitrogens with zero attached hydrogens (tertiary/aromatic N) is 2. The first kappa shape index (κ1) is 16.3. The highest BCUT2D eigenvalue weighted by atomic mass is 32.2. The first-order chi connectivity index (χ1) is 11.8. The number of hydrogen-bond acceptors (Lipinski definition) is 3. The van der Waals surface area contributed by atoms with E-state index < -0.39 is 0 Å². The smallest absolute Gasteiger partial charge is 0.251 e. The Balaban J connectivity index is 1.44. The Morgan fingerprint density at radius 1 is 1.04 bits per heavy atom. The van der Waals surface area contributed by atoms with E-state index in [2.05, 4.69) is 22.5 Å². The average molecular weight is 337 g/mol. The summed E-state index contributed by atoms with van der Waals surface area (Å²) < 4.78 is 1.86. The number of carbonyl (C=O) groups excluding carboxylic acids is 1. The number of benzene rings is 2. The molecule has 24 heavy (non-hydrogen) atoms. The van der Waals surface area contributed by atoms with Crippen molar-refractivity contribution in [3.63, 3.8) is 0 Å². The Morgan fingerprint density at radius 3 is 2.54 bits per heavy atom. The predicted octanol–water partition coefficient (Wildman–Crippen LogP) is 3.45.